The number of carbonyl (C=O) groups excluding carboxylic acids is 1. The molecule has 0 saturated carbocycles. The van der Waals surface area contributed by atoms with Gasteiger partial charge >= 0.3 is 0 Å². The molecule has 2 N–H and O–H groups in total. The Kier molecular flexibility index (Phi) is 4.14. The van der Waals surface area contributed by atoms with Crippen molar-refractivity contribution in [1.29, 1.82) is 0 Å². The number of ether oxygens (including phenoxy) is 1. The number of nitrogens with one attached hydrogen (secondary N) is 2. The molecule has 1 aromatic carbocycles. The van der Waals surface area contributed by atoms with Gasteiger partial charge in [-0.25, -0.2) is 0 Å². The van der Waals surface area contributed by atoms with Crippen LogP contribution < -0.4 is 21.2 Å². The lowest BCUT2D eigenvalue weighted by atomic mass is 9.87. The summed E-state index contributed by atoms with van der Waals surface area (Å²) in [5.74, 6) is 0.277. The summed E-state index contributed by atoms with van der Waals surface area (Å²) in [5.41, 5.74) is 1.07. The van der Waals surface area contributed by atoms with Crippen LogP contribution >= 0.6 is 0 Å². The number of amides is 1. The van der Waals surface area contributed by atoms with Crippen molar-refractivity contribution in [2.75, 3.05) is 12.4 Å². The number of H-pyrrole nitrogens is 1. The van der Waals surface area contributed by atoms with Gasteiger partial charge in [0, 0.05) is 37.1 Å². The quantitative estimate of drug-likeness (QED) is 0.725. The number of rotatable bonds is 3. The summed E-state index contributed by atoms with van der Waals surface area (Å²) < 4.78 is 8.42. The van der Waals surface area contributed by atoms with E-state index in [4.69, 9.17) is 4.74 Å². The van der Waals surface area contributed by atoms with E-state index in [1.807, 2.05) is 26.0 Å². The molecule has 0 aliphatic carbocycles. The van der Waals surface area contributed by atoms with E-state index in [1.165, 1.54) is 4.57 Å². The fraction of sp³-hybridized carbons (Fsp3) is 0.350. The van der Waals surface area contributed by atoms with Crippen molar-refractivity contribution < 1.29 is 9.53 Å². The maximum absolute atomic E-state index is 13.1. The molecule has 0 radical (unpaired) electrons. The molecule has 0 unspecified atom stereocenters. The predicted octanol–water partition coefficient (Wildman–Crippen LogP) is 2.09. The summed E-state index contributed by atoms with van der Waals surface area (Å²) in [6.07, 6.45) is 0.0507. The van der Waals surface area contributed by atoms with Gasteiger partial charge in [-0.05, 0) is 37.4 Å². The zero-order valence-corrected chi connectivity index (χ0v) is 16.2. The van der Waals surface area contributed by atoms with E-state index in [0.29, 0.717) is 22.7 Å². The van der Waals surface area contributed by atoms with Crippen molar-refractivity contribution in [2.45, 2.75) is 32.2 Å². The lowest BCUT2D eigenvalue weighted by molar-refractivity contribution is -0.116. The van der Waals surface area contributed by atoms with Crippen LogP contribution in [0.1, 0.15) is 43.4 Å². The molecule has 1 amide bonds. The van der Waals surface area contributed by atoms with Crippen LogP contribution in [0.3, 0.4) is 0 Å². The number of methoxy groups -OCH3 is 1. The van der Waals surface area contributed by atoms with Crippen LogP contribution in [0.5, 0.6) is 5.75 Å². The minimum atomic E-state index is -0.599. The average Bonchev–Trinajstić information content (AvgIpc) is 3.00. The van der Waals surface area contributed by atoms with Crippen LogP contribution in [0.2, 0.25) is 0 Å². The molecule has 3 heterocycles. The Bertz CT molecular complexity index is 1220. The van der Waals surface area contributed by atoms with Crippen LogP contribution in [-0.2, 0) is 11.8 Å². The van der Waals surface area contributed by atoms with E-state index >= 15 is 0 Å². The second kappa shape index (κ2) is 6.40. The highest BCUT2D eigenvalue weighted by atomic mass is 16.5. The zero-order valence-electron chi connectivity index (χ0n) is 16.2. The van der Waals surface area contributed by atoms with Gasteiger partial charge in [0.2, 0.25) is 5.91 Å². The molecule has 1 atom stereocenters. The number of hydrogen-bond acceptors (Lipinski definition) is 4. The van der Waals surface area contributed by atoms with Crippen molar-refractivity contribution in [3.05, 3.63) is 56.1 Å². The Morgan fingerprint density at radius 2 is 1.93 bits per heavy atom. The minimum absolute atomic E-state index is 0.0394. The molecule has 0 spiro atoms. The first kappa shape index (κ1) is 18.1. The molecule has 146 valence electrons. The Labute approximate surface area is 160 Å². The van der Waals surface area contributed by atoms with Crippen molar-refractivity contribution in [1.82, 2.24) is 14.3 Å². The normalized spacial score (nSPS) is 16.3. The minimum Gasteiger partial charge on any atom is -0.497 e. The van der Waals surface area contributed by atoms with Crippen LogP contribution in [0.25, 0.3) is 10.9 Å². The zero-order chi connectivity index (χ0) is 20.2. The van der Waals surface area contributed by atoms with E-state index in [0.717, 1.165) is 10.9 Å². The standard InChI is InChI=1S/C20H22N4O4/c1-10(2)24-18-17(19(26)22-24)13(9-16(25)21-18)14-7-11-5-6-12(28-4)8-15(11)23(3)20(14)27/h5-8,10,13H,9H2,1-4H3,(H,21,25)(H,22,26)/t13-/m1/s1. The van der Waals surface area contributed by atoms with E-state index in [1.54, 1.807) is 31.0 Å². The highest BCUT2D eigenvalue weighted by molar-refractivity contribution is 5.94. The van der Waals surface area contributed by atoms with Crippen molar-refractivity contribution in [3.63, 3.8) is 0 Å². The van der Waals surface area contributed by atoms with Gasteiger partial charge in [-0.15, -0.1) is 0 Å². The molecule has 8 heteroatoms. The first-order valence-corrected chi connectivity index (χ1v) is 9.13. The molecule has 0 bridgehead atoms. The monoisotopic (exact) mass is 382 g/mol. The van der Waals surface area contributed by atoms with Gasteiger partial charge in [-0.1, -0.05) is 0 Å². The largest absolute Gasteiger partial charge is 0.497 e. The molecule has 1 aliphatic heterocycles. The fourth-order valence-corrected chi connectivity index (χ4v) is 3.88. The van der Waals surface area contributed by atoms with Crippen LogP contribution in [0.4, 0.5) is 5.82 Å². The third-order valence-corrected chi connectivity index (χ3v) is 5.31. The molecule has 3 aromatic rings. The Morgan fingerprint density at radius 3 is 2.61 bits per heavy atom. The maximum Gasteiger partial charge on any atom is 0.270 e. The summed E-state index contributed by atoms with van der Waals surface area (Å²) in [7, 11) is 3.25. The van der Waals surface area contributed by atoms with Crippen molar-refractivity contribution in [3.8, 4) is 5.75 Å². The number of nitrogens with zero attached hydrogens (tertiary/aromatic N) is 2. The second-order valence-electron chi connectivity index (χ2n) is 7.36. The molecule has 0 saturated heterocycles. The van der Waals surface area contributed by atoms with Crippen molar-refractivity contribution in [2.24, 2.45) is 7.05 Å². The van der Waals surface area contributed by atoms with Crippen LogP contribution in [0.15, 0.2) is 33.9 Å². The van der Waals surface area contributed by atoms with E-state index in [-0.39, 0.29) is 29.5 Å². The summed E-state index contributed by atoms with van der Waals surface area (Å²) in [6.45, 7) is 3.82. The van der Waals surface area contributed by atoms with Gasteiger partial charge in [-0.3, -0.25) is 24.2 Å². The maximum atomic E-state index is 13.1. The van der Waals surface area contributed by atoms with Crippen LogP contribution in [0, 0.1) is 0 Å². The van der Waals surface area contributed by atoms with E-state index in [9.17, 15) is 14.4 Å². The fourth-order valence-electron chi connectivity index (χ4n) is 3.88. The first-order valence-electron chi connectivity index (χ1n) is 9.13. The van der Waals surface area contributed by atoms with Crippen LogP contribution in [-0.4, -0.2) is 27.4 Å². The highest BCUT2D eigenvalue weighted by Gasteiger charge is 2.34. The number of aromatic nitrogens is 3. The van der Waals surface area contributed by atoms with E-state index in [2.05, 4.69) is 10.4 Å². The smallest absolute Gasteiger partial charge is 0.270 e. The lowest BCUT2D eigenvalue weighted by Gasteiger charge is -2.24. The lowest BCUT2D eigenvalue weighted by Crippen LogP contribution is -2.32. The number of hydrogen-bond donors (Lipinski definition) is 2. The average molecular weight is 382 g/mol. The molecule has 28 heavy (non-hydrogen) atoms. The van der Waals surface area contributed by atoms with Crippen molar-refractivity contribution >= 4 is 22.6 Å². The highest BCUT2D eigenvalue weighted by Crippen LogP contribution is 2.35. The Morgan fingerprint density at radius 1 is 1.18 bits per heavy atom. The SMILES string of the molecule is COc1ccc2cc([C@H]3CC(=O)Nc4c3c(=O)[nH]n4C(C)C)c(=O)n(C)c2c1. The number of benzene rings is 1. The molecular formula is C20H22N4O4. The van der Waals surface area contributed by atoms with Gasteiger partial charge in [-0.2, -0.15) is 0 Å². The topological polar surface area (TPSA) is 98.1 Å². The Balaban J connectivity index is 1.97. The predicted molar refractivity (Wildman–Crippen MR) is 106 cm³/mol. The number of carbonyl (C=O) groups is 1. The summed E-state index contributed by atoms with van der Waals surface area (Å²) in [5, 5.41) is 6.40. The molecular weight excluding hydrogens is 360 g/mol. The molecule has 8 nitrogen and oxygen atoms in total. The number of pyridine rings is 1. The van der Waals surface area contributed by atoms with Gasteiger partial charge in [0.15, 0.2) is 0 Å². The first-order chi connectivity index (χ1) is 13.3. The number of anilines is 1. The molecule has 1 aliphatic rings. The summed E-state index contributed by atoms with van der Waals surface area (Å²) in [4.78, 5) is 38.2. The summed E-state index contributed by atoms with van der Waals surface area (Å²) in [6, 6.07) is 7.21. The van der Waals surface area contributed by atoms with Gasteiger partial charge in [0.25, 0.3) is 11.1 Å². The van der Waals surface area contributed by atoms with E-state index < -0.39 is 5.92 Å². The van der Waals surface area contributed by atoms with Gasteiger partial charge < -0.3 is 14.6 Å². The Hall–Kier alpha value is -3.29. The number of aryl methyl sites for hydroxylation is 1. The number of fused-ring (bicyclic) bond motifs is 2. The third-order valence-electron chi connectivity index (χ3n) is 5.31. The molecule has 0 fully saturated rings. The van der Waals surface area contributed by atoms with Gasteiger partial charge in [0.1, 0.15) is 11.6 Å². The molecule has 4 rings (SSSR count). The third kappa shape index (κ3) is 2.64. The number of aromatic amines is 1. The molecule has 2 aromatic heterocycles. The second-order valence-corrected chi connectivity index (χ2v) is 7.36. The van der Waals surface area contributed by atoms with Gasteiger partial charge in [0.05, 0.1) is 18.2 Å². The summed E-state index contributed by atoms with van der Waals surface area (Å²) >= 11 is 0.